The fourth-order valence-electron chi connectivity index (χ4n) is 2.41. The first-order chi connectivity index (χ1) is 11.3. The van der Waals surface area contributed by atoms with Crippen LogP contribution in [0.25, 0.3) is 0 Å². The van der Waals surface area contributed by atoms with Gasteiger partial charge in [0.2, 0.25) is 0 Å². The molecule has 3 rings (SSSR count). The molecule has 0 aliphatic heterocycles. The average Bonchev–Trinajstić information content (AvgIpc) is 2.60. The molecule has 0 unspecified atom stereocenters. The summed E-state index contributed by atoms with van der Waals surface area (Å²) in [5, 5.41) is 0.771. The van der Waals surface area contributed by atoms with E-state index in [1.807, 2.05) is 54.9 Å². The van der Waals surface area contributed by atoms with Gasteiger partial charge in [-0.15, -0.1) is 0 Å². The molecule has 0 N–H and O–H groups in total. The van der Waals surface area contributed by atoms with Crippen molar-refractivity contribution in [2.75, 3.05) is 11.4 Å². The van der Waals surface area contributed by atoms with Crippen LogP contribution in [0.3, 0.4) is 0 Å². The first-order valence-electron chi connectivity index (χ1n) is 7.52. The number of hydrogen-bond donors (Lipinski definition) is 0. The predicted molar refractivity (Wildman–Crippen MR) is 93.5 cm³/mol. The number of pyridine rings is 2. The smallest absolute Gasteiger partial charge is 0.136 e. The van der Waals surface area contributed by atoms with Gasteiger partial charge in [-0.3, -0.25) is 4.98 Å². The molecule has 115 valence electrons. The van der Waals surface area contributed by atoms with Gasteiger partial charge in [0.05, 0.1) is 0 Å². The molecule has 2 heterocycles. The monoisotopic (exact) mass is 322 g/mol. The minimum atomic E-state index is 0.771. The first-order valence-corrected chi connectivity index (χ1v) is 7.90. The third-order valence-electron chi connectivity index (χ3n) is 3.57. The Morgan fingerprint density at radius 2 is 1.87 bits per heavy atom. The number of anilines is 1. The lowest BCUT2D eigenvalue weighted by Crippen LogP contribution is -2.26. The van der Waals surface area contributed by atoms with Crippen LogP contribution in [0.1, 0.15) is 11.1 Å². The maximum Gasteiger partial charge on any atom is 0.136 e. The van der Waals surface area contributed by atoms with Crippen molar-refractivity contribution in [2.45, 2.75) is 13.0 Å². The zero-order valence-corrected chi connectivity index (χ0v) is 13.4. The predicted octanol–water partition coefficient (Wildman–Crippen LogP) is 4.18. The minimum Gasteiger partial charge on any atom is -0.351 e. The second kappa shape index (κ2) is 7.75. The van der Waals surface area contributed by atoms with E-state index in [1.165, 1.54) is 11.1 Å². The van der Waals surface area contributed by atoms with Crippen LogP contribution in [0.2, 0.25) is 5.02 Å². The van der Waals surface area contributed by atoms with Gasteiger partial charge in [0.1, 0.15) is 5.82 Å². The Balaban J connectivity index is 1.75. The minimum absolute atomic E-state index is 0.771. The highest BCUT2D eigenvalue weighted by atomic mass is 35.5. The number of halogens is 1. The molecule has 0 aliphatic rings. The summed E-state index contributed by atoms with van der Waals surface area (Å²) in [6, 6.07) is 19.0. The largest absolute Gasteiger partial charge is 0.351 e. The molecular weight excluding hydrogens is 306 g/mol. The molecule has 3 nitrogen and oxygen atoms in total. The molecule has 0 aliphatic carbocycles. The molecule has 0 saturated carbocycles. The van der Waals surface area contributed by atoms with Crippen molar-refractivity contribution in [3.63, 3.8) is 0 Å². The van der Waals surface area contributed by atoms with Crippen molar-refractivity contribution in [3.8, 4) is 0 Å². The number of hydrogen-bond acceptors (Lipinski definition) is 3. The summed E-state index contributed by atoms with van der Waals surface area (Å²) in [5.74, 6) is 0.853. The van der Waals surface area contributed by atoms with Gasteiger partial charge in [-0.25, -0.2) is 4.98 Å². The summed E-state index contributed by atoms with van der Waals surface area (Å²) >= 11 is 6.07. The summed E-state index contributed by atoms with van der Waals surface area (Å²) in [6.45, 7) is 1.62. The van der Waals surface area contributed by atoms with Gasteiger partial charge in [0.15, 0.2) is 0 Å². The molecule has 0 bridgehead atoms. The normalized spacial score (nSPS) is 10.5. The molecule has 3 aromatic rings. The van der Waals surface area contributed by atoms with E-state index in [-0.39, 0.29) is 0 Å². The fraction of sp³-hybridized carbons (Fsp3) is 0.158. The van der Waals surface area contributed by atoms with E-state index >= 15 is 0 Å². The van der Waals surface area contributed by atoms with Crippen molar-refractivity contribution in [1.82, 2.24) is 9.97 Å². The lowest BCUT2D eigenvalue weighted by atomic mass is 10.1. The fourth-order valence-corrected chi connectivity index (χ4v) is 2.63. The second-order valence-corrected chi connectivity index (χ2v) is 5.70. The molecule has 23 heavy (non-hydrogen) atoms. The van der Waals surface area contributed by atoms with E-state index in [2.05, 4.69) is 27.0 Å². The van der Waals surface area contributed by atoms with Crippen LogP contribution in [0.15, 0.2) is 67.1 Å². The molecule has 2 aromatic heterocycles. The maximum atomic E-state index is 6.07. The molecule has 1 radical (unpaired) electrons. The third kappa shape index (κ3) is 4.54. The standard InChI is InChI=1S/C19H17ClN3/c20-18-5-3-4-16(14-18)9-13-23(19-6-1-2-10-22-19)15-17-7-11-21-12-8-17/h1-5,7-8,10-12,14H,9,13,15H2. The lowest BCUT2D eigenvalue weighted by molar-refractivity contribution is 0.767. The van der Waals surface area contributed by atoms with Crippen LogP contribution in [-0.2, 0) is 13.0 Å². The van der Waals surface area contributed by atoms with Crippen LogP contribution in [0.4, 0.5) is 5.82 Å². The van der Waals surface area contributed by atoms with E-state index in [1.54, 1.807) is 6.20 Å². The Bertz CT molecular complexity index is 732. The Hall–Kier alpha value is -2.39. The molecule has 4 heteroatoms. The van der Waals surface area contributed by atoms with Crippen molar-refractivity contribution in [3.05, 3.63) is 89.3 Å². The van der Waals surface area contributed by atoms with Crippen molar-refractivity contribution >= 4 is 17.4 Å². The molecule has 0 amide bonds. The number of aromatic nitrogens is 2. The number of benzene rings is 1. The molecule has 0 atom stereocenters. The van der Waals surface area contributed by atoms with Crippen LogP contribution in [-0.4, -0.2) is 16.5 Å². The van der Waals surface area contributed by atoms with Gasteiger partial charge < -0.3 is 4.90 Å². The van der Waals surface area contributed by atoms with Gasteiger partial charge in [-0.05, 0) is 53.9 Å². The van der Waals surface area contributed by atoms with Crippen LogP contribution in [0, 0.1) is 6.07 Å². The van der Waals surface area contributed by atoms with Gasteiger partial charge in [-0.2, -0.15) is 0 Å². The highest BCUT2D eigenvalue weighted by molar-refractivity contribution is 6.30. The topological polar surface area (TPSA) is 29.0 Å². The van der Waals surface area contributed by atoms with Crippen LogP contribution < -0.4 is 4.90 Å². The van der Waals surface area contributed by atoms with Crippen LogP contribution >= 0.6 is 11.6 Å². The Labute approximate surface area is 141 Å². The molecule has 0 spiro atoms. The molecule has 0 saturated heterocycles. The quantitative estimate of drug-likeness (QED) is 0.681. The summed E-state index contributed by atoms with van der Waals surface area (Å²) in [6.07, 6.45) is 6.32. The van der Waals surface area contributed by atoms with E-state index in [9.17, 15) is 0 Å². The van der Waals surface area contributed by atoms with Crippen molar-refractivity contribution in [1.29, 1.82) is 0 Å². The summed E-state index contributed by atoms with van der Waals surface area (Å²) < 4.78 is 0. The van der Waals surface area contributed by atoms with E-state index < -0.39 is 0 Å². The van der Waals surface area contributed by atoms with Gasteiger partial charge >= 0.3 is 0 Å². The van der Waals surface area contributed by atoms with Gasteiger partial charge in [-0.1, -0.05) is 23.7 Å². The second-order valence-electron chi connectivity index (χ2n) is 5.26. The number of nitrogens with zero attached hydrogens (tertiary/aromatic N) is 3. The SMILES string of the molecule is Clc1cccc(CCN(Cc2ccncc2)c2[c]cccn2)c1. The average molecular weight is 323 g/mol. The maximum absolute atomic E-state index is 6.07. The molecule has 1 aromatic carbocycles. The Morgan fingerprint density at radius 1 is 1.00 bits per heavy atom. The highest BCUT2D eigenvalue weighted by Crippen LogP contribution is 2.16. The molecular formula is C19H17ClN3. The number of rotatable bonds is 6. The van der Waals surface area contributed by atoms with E-state index in [0.29, 0.717) is 0 Å². The van der Waals surface area contributed by atoms with Crippen molar-refractivity contribution < 1.29 is 0 Å². The summed E-state index contributed by atoms with van der Waals surface area (Å²) in [7, 11) is 0. The summed E-state index contributed by atoms with van der Waals surface area (Å²) in [5.41, 5.74) is 2.42. The zero-order chi connectivity index (χ0) is 15.9. The Kier molecular flexibility index (Phi) is 5.22. The zero-order valence-electron chi connectivity index (χ0n) is 12.7. The first kappa shape index (κ1) is 15.5. The Morgan fingerprint density at radius 3 is 2.61 bits per heavy atom. The van der Waals surface area contributed by atoms with Crippen LogP contribution in [0.5, 0.6) is 0 Å². The van der Waals surface area contributed by atoms with E-state index in [4.69, 9.17) is 11.6 Å². The van der Waals surface area contributed by atoms with Gasteiger partial charge in [0, 0.05) is 42.8 Å². The summed E-state index contributed by atoms with van der Waals surface area (Å²) in [4.78, 5) is 10.7. The molecule has 0 fully saturated rings. The van der Waals surface area contributed by atoms with Gasteiger partial charge in [0.25, 0.3) is 0 Å². The third-order valence-corrected chi connectivity index (χ3v) is 3.81. The van der Waals surface area contributed by atoms with Crippen molar-refractivity contribution in [2.24, 2.45) is 0 Å². The lowest BCUT2D eigenvalue weighted by Gasteiger charge is -2.23. The van der Waals surface area contributed by atoms with E-state index in [0.717, 1.165) is 30.4 Å². The highest BCUT2D eigenvalue weighted by Gasteiger charge is 2.09.